The summed E-state index contributed by atoms with van der Waals surface area (Å²) in [5.74, 6) is -2.67. The number of rotatable bonds is 15. The van der Waals surface area contributed by atoms with Crippen LogP contribution in [0.25, 0.3) is 11.1 Å². The number of unbranched alkanes of at least 4 members (excludes halogenated alkanes) is 1. The molecule has 3 rings (SSSR count). The molecule has 0 aliphatic heterocycles. The quantitative estimate of drug-likeness (QED) is 0.200. The SMILES string of the molecule is CC(C)C[C@H](NC(=O)[C@@H](NC(=O)OCC1c2ccccc2-c2ccccc21)C(C)C)C(=O)N[C@@H](CCCCN)C(=O)O. The van der Waals surface area contributed by atoms with Gasteiger partial charge in [0.1, 0.15) is 24.7 Å². The summed E-state index contributed by atoms with van der Waals surface area (Å²) in [7, 11) is 0. The monoisotopic (exact) mass is 580 g/mol. The first-order chi connectivity index (χ1) is 20.0. The first-order valence-electron chi connectivity index (χ1n) is 14.7. The lowest BCUT2D eigenvalue weighted by Crippen LogP contribution is -2.57. The average Bonchev–Trinajstić information content (AvgIpc) is 3.27. The van der Waals surface area contributed by atoms with Gasteiger partial charge in [-0.3, -0.25) is 9.59 Å². The molecule has 10 heteroatoms. The molecule has 1 aliphatic carbocycles. The van der Waals surface area contributed by atoms with Crippen LogP contribution in [0.15, 0.2) is 48.5 Å². The number of carboxylic acid groups (broad SMARTS) is 1. The van der Waals surface area contributed by atoms with Crippen molar-refractivity contribution in [1.29, 1.82) is 0 Å². The summed E-state index contributed by atoms with van der Waals surface area (Å²) in [5.41, 5.74) is 9.89. The fourth-order valence-corrected chi connectivity index (χ4v) is 5.29. The van der Waals surface area contributed by atoms with E-state index in [1.165, 1.54) is 0 Å². The van der Waals surface area contributed by atoms with Crippen LogP contribution >= 0.6 is 0 Å². The van der Waals surface area contributed by atoms with Crippen molar-refractivity contribution in [3.63, 3.8) is 0 Å². The number of nitrogens with two attached hydrogens (primary N) is 1. The van der Waals surface area contributed by atoms with E-state index in [1.807, 2.05) is 50.2 Å². The Kier molecular flexibility index (Phi) is 11.9. The number of hydrogen-bond acceptors (Lipinski definition) is 6. The number of carboxylic acids is 1. The van der Waals surface area contributed by atoms with Gasteiger partial charge in [-0.1, -0.05) is 76.2 Å². The van der Waals surface area contributed by atoms with Crippen LogP contribution in [0.1, 0.15) is 70.4 Å². The van der Waals surface area contributed by atoms with Gasteiger partial charge in [0, 0.05) is 5.92 Å². The minimum absolute atomic E-state index is 0.0363. The highest BCUT2D eigenvalue weighted by atomic mass is 16.5. The Balaban J connectivity index is 1.64. The molecule has 0 saturated carbocycles. The smallest absolute Gasteiger partial charge is 0.407 e. The fraction of sp³-hybridized carbons (Fsp3) is 0.500. The number of aliphatic carboxylic acids is 1. The molecule has 0 saturated heterocycles. The summed E-state index contributed by atoms with van der Waals surface area (Å²) in [5, 5.41) is 17.5. The molecular weight excluding hydrogens is 536 g/mol. The van der Waals surface area contributed by atoms with Gasteiger partial charge in [0.05, 0.1) is 0 Å². The van der Waals surface area contributed by atoms with Crippen LogP contribution in [0, 0.1) is 11.8 Å². The topological polar surface area (TPSA) is 160 Å². The van der Waals surface area contributed by atoms with Gasteiger partial charge in [-0.2, -0.15) is 0 Å². The van der Waals surface area contributed by atoms with E-state index in [9.17, 15) is 24.3 Å². The van der Waals surface area contributed by atoms with Gasteiger partial charge in [0.2, 0.25) is 11.8 Å². The maximum absolute atomic E-state index is 13.3. The molecule has 1 aliphatic rings. The van der Waals surface area contributed by atoms with Crippen LogP contribution in [0.3, 0.4) is 0 Å². The molecule has 42 heavy (non-hydrogen) atoms. The lowest BCUT2D eigenvalue weighted by atomic mass is 9.98. The van der Waals surface area contributed by atoms with Crippen LogP contribution in [-0.4, -0.2) is 60.3 Å². The van der Waals surface area contributed by atoms with Crippen molar-refractivity contribution in [3.8, 4) is 11.1 Å². The number of carbonyl (C=O) groups excluding carboxylic acids is 3. The normalized spacial score (nSPS) is 14.5. The Bertz CT molecular complexity index is 1200. The van der Waals surface area contributed by atoms with Gasteiger partial charge >= 0.3 is 12.1 Å². The van der Waals surface area contributed by atoms with Gasteiger partial charge < -0.3 is 31.5 Å². The van der Waals surface area contributed by atoms with Crippen LogP contribution in [0.4, 0.5) is 4.79 Å². The maximum atomic E-state index is 13.3. The minimum atomic E-state index is -1.15. The molecule has 2 aromatic rings. The third kappa shape index (κ3) is 8.55. The summed E-state index contributed by atoms with van der Waals surface area (Å²) in [6, 6.07) is 13.0. The lowest BCUT2D eigenvalue weighted by Gasteiger charge is -2.27. The zero-order valence-electron chi connectivity index (χ0n) is 24.9. The lowest BCUT2D eigenvalue weighted by molar-refractivity contribution is -0.142. The van der Waals surface area contributed by atoms with Gasteiger partial charge in [0.15, 0.2) is 0 Å². The molecule has 6 N–H and O–H groups in total. The number of fused-ring (bicyclic) bond motifs is 3. The van der Waals surface area contributed by atoms with Crippen molar-refractivity contribution < 1.29 is 29.0 Å². The molecule has 0 bridgehead atoms. The Labute approximate surface area is 247 Å². The molecule has 0 heterocycles. The third-order valence-corrected chi connectivity index (χ3v) is 7.47. The number of carbonyl (C=O) groups is 4. The first-order valence-corrected chi connectivity index (χ1v) is 14.7. The van der Waals surface area contributed by atoms with Crippen LogP contribution in [0.5, 0.6) is 0 Å². The molecule has 228 valence electrons. The Hall–Kier alpha value is -3.92. The second-order valence-corrected chi connectivity index (χ2v) is 11.6. The second-order valence-electron chi connectivity index (χ2n) is 11.6. The number of benzene rings is 2. The summed E-state index contributed by atoms with van der Waals surface area (Å²) < 4.78 is 5.63. The fourth-order valence-electron chi connectivity index (χ4n) is 5.29. The zero-order valence-corrected chi connectivity index (χ0v) is 24.9. The standard InChI is InChI=1S/C32H44N4O6/c1-19(2)17-27(29(37)34-26(31(39)40)15-9-10-16-33)35-30(38)28(20(3)4)36-32(41)42-18-25-23-13-7-5-11-21(23)22-12-6-8-14-24(22)25/h5-8,11-14,19-20,25-28H,9-10,15-18,33H2,1-4H3,(H,34,37)(H,35,38)(H,36,41)(H,39,40)/t26-,27-,28-/m0/s1. The van der Waals surface area contributed by atoms with Crippen LogP contribution in [0.2, 0.25) is 0 Å². The number of nitrogens with one attached hydrogen (secondary N) is 3. The summed E-state index contributed by atoms with van der Waals surface area (Å²) in [6.07, 6.45) is 0.986. The number of ether oxygens (including phenoxy) is 1. The molecule has 0 radical (unpaired) electrons. The van der Waals surface area contributed by atoms with E-state index in [2.05, 4.69) is 28.1 Å². The van der Waals surface area contributed by atoms with Crippen molar-refractivity contribution in [2.45, 2.75) is 77.4 Å². The predicted octanol–water partition coefficient (Wildman–Crippen LogP) is 3.78. The maximum Gasteiger partial charge on any atom is 0.407 e. The summed E-state index contributed by atoms with van der Waals surface area (Å²) in [6.45, 7) is 7.90. The second kappa shape index (κ2) is 15.3. The van der Waals surface area contributed by atoms with Gasteiger partial charge in [0.25, 0.3) is 0 Å². The highest BCUT2D eigenvalue weighted by Crippen LogP contribution is 2.44. The average molecular weight is 581 g/mol. The third-order valence-electron chi connectivity index (χ3n) is 7.47. The molecule has 3 atom stereocenters. The molecule has 0 unspecified atom stereocenters. The van der Waals surface area contributed by atoms with Crippen molar-refractivity contribution in [2.24, 2.45) is 17.6 Å². The van der Waals surface area contributed by atoms with Crippen LogP contribution < -0.4 is 21.7 Å². The molecule has 2 aromatic carbocycles. The van der Waals surface area contributed by atoms with Gasteiger partial charge in [-0.25, -0.2) is 9.59 Å². The Morgan fingerprint density at radius 3 is 1.93 bits per heavy atom. The highest BCUT2D eigenvalue weighted by molar-refractivity contribution is 5.93. The largest absolute Gasteiger partial charge is 0.480 e. The number of amides is 3. The predicted molar refractivity (Wildman–Crippen MR) is 161 cm³/mol. The van der Waals surface area contributed by atoms with Crippen molar-refractivity contribution in [3.05, 3.63) is 59.7 Å². The molecular formula is C32H44N4O6. The summed E-state index contributed by atoms with van der Waals surface area (Å²) in [4.78, 5) is 51.1. The number of hydrogen-bond donors (Lipinski definition) is 5. The molecule has 0 fully saturated rings. The van der Waals surface area contributed by atoms with E-state index in [-0.39, 0.29) is 30.8 Å². The van der Waals surface area contributed by atoms with E-state index >= 15 is 0 Å². The van der Waals surface area contributed by atoms with E-state index < -0.39 is 42.0 Å². The first kappa shape index (κ1) is 32.6. The van der Waals surface area contributed by atoms with Gasteiger partial charge in [-0.05, 0) is 66.3 Å². The zero-order chi connectivity index (χ0) is 30.8. The van der Waals surface area contributed by atoms with Crippen molar-refractivity contribution >= 4 is 23.9 Å². The molecule has 10 nitrogen and oxygen atoms in total. The minimum Gasteiger partial charge on any atom is -0.480 e. The van der Waals surface area contributed by atoms with Crippen LogP contribution in [-0.2, 0) is 19.1 Å². The molecule has 0 aromatic heterocycles. The molecule has 0 spiro atoms. The van der Waals surface area contributed by atoms with E-state index in [1.54, 1.807) is 13.8 Å². The van der Waals surface area contributed by atoms with E-state index in [4.69, 9.17) is 10.5 Å². The highest BCUT2D eigenvalue weighted by Gasteiger charge is 2.33. The van der Waals surface area contributed by atoms with Crippen molar-refractivity contribution in [2.75, 3.05) is 13.2 Å². The Morgan fingerprint density at radius 1 is 0.833 bits per heavy atom. The molecule has 3 amide bonds. The number of alkyl carbamates (subject to hydrolysis) is 1. The van der Waals surface area contributed by atoms with E-state index in [0.29, 0.717) is 25.8 Å². The van der Waals surface area contributed by atoms with E-state index in [0.717, 1.165) is 22.3 Å². The van der Waals surface area contributed by atoms with Gasteiger partial charge in [-0.15, -0.1) is 0 Å². The Morgan fingerprint density at radius 2 is 1.40 bits per heavy atom. The summed E-state index contributed by atoms with van der Waals surface area (Å²) >= 11 is 0. The van der Waals surface area contributed by atoms with Crippen molar-refractivity contribution in [1.82, 2.24) is 16.0 Å².